The van der Waals surface area contributed by atoms with Crippen LogP contribution in [0.15, 0.2) is 28.8 Å². The normalized spacial score (nSPS) is 11.1. The summed E-state index contributed by atoms with van der Waals surface area (Å²) in [7, 11) is 0. The predicted molar refractivity (Wildman–Crippen MR) is 93.1 cm³/mol. The average Bonchev–Trinajstić information content (AvgIpc) is 3.08. The highest BCUT2D eigenvalue weighted by atomic mass is 16.5. The summed E-state index contributed by atoms with van der Waals surface area (Å²) in [5, 5.41) is 6.90. The minimum atomic E-state index is -0.570. The van der Waals surface area contributed by atoms with E-state index in [0.717, 1.165) is 5.56 Å². The lowest BCUT2D eigenvalue weighted by Gasteiger charge is -2.26. The number of carbonyl (C=O) groups excluding carboxylic acids is 1. The molecule has 126 valence electrons. The van der Waals surface area contributed by atoms with Gasteiger partial charge in [0.1, 0.15) is 5.54 Å². The van der Waals surface area contributed by atoms with Crippen molar-refractivity contribution in [3.8, 4) is 23.7 Å². The molecule has 0 aliphatic heterocycles. The Morgan fingerprint density at radius 2 is 1.96 bits per heavy atom. The molecule has 0 atom stereocenters. The molecule has 5 heteroatoms. The minimum Gasteiger partial charge on any atom is -0.340 e. The van der Waals surface area contributed by atoms with E-state index < -0.39 is 5.54 Å². The van der Waals surface area contributed by atoms with Gasteiger partial charge >= 0.3 is 0 Å². The van der Waals surface area contributed by atoms with Crippen LogP contribution in [0.5, 0.6) is 0 Å². The van der Waals surface area contributed by atoms with Gasteiger partial charge in [0.2, 0.25) is 17.6 Å². The molecule has 0 unspecified atom stereocenters. The Bertz CT molecular complexity index is 722. The zero-order valence-electron chi connectivity index (χ0n) is 14.4. The fraction of sp³-hybridized carbons (Fsp3) is 0.421. The fourth-order valence-electron chi connectivity index (χ4n) is 2.39. The molecule has 1 heterocycles. The third-order valence-electron chi connectivity index (χ3n) is 4.21. The smallest absolute Gasteiger partial charge is 0.227 e. The first-order valence-electron chi connectivity index (χ1n) is 8.20. The third-order valence-corrected chi connectivity index (χ3v) is 4.21. The molecule has 0 saturated heterocycles. The standard InChI is InChI=1S/C19H23N3O2/c1-5-19(6-2,7-3)21-16(23)12-13-17-20-18(22-24-17)15-10-8-14(4)9-11-15/h1,8-11H,6-7,12-13H2,2-4H3,(H,21,23). The van der Waals surface area contributed by atoms with E-state index in [4.69, 9.17) is 10.9 Å². The molecule has 0 aliphatic rings. The quantitative estimate of drug-likeness (QED) is 0.793. The minimum absolute atomic E-state index is 0.105. The van der Waals surface area contributed by atoms with Crippen molar-refractivity contribution in [2.75, 3.05) is 0 Å². The maximum absolute atomic E-state index is 12.1. The number of hydrogen-bond donors (Lipinski definition) is 1. The van der Waals surface area contributed by atoms with Crippen LogP contribution >= 0.6 is 0 Å². The van der Waals surface area contributed by atoms with Crippen molar-refractivity contribution in [3.63, 3.8) is 0 Å². The van der Waals surface area contributed by atoms with Crippen LogP contribution in [0, 0.1) is 19.3 Å². The van der Waals surface area contributed by atoms with Gasteiger partial charge in [-0.2, -0.15) is 4.98 Å². The van der Waals surface area contributed by atoms with Gasteiger partial charge in [0.05, 0.1) is 0 Å². The number of amides is 1. The molecule has 1 N–H and O–H groups in total. The molecule has 1 aromatic carbocycles. The Hall–Kier alpha value is -2.61. The molecule has 0 saturated carbocycles. The van der Waals surface area contributed by atoms with Gasteiger partial charge < -0.3 is 9.84 Å². The topological polar surface area (TPSA) is 68.0 Å². The van der Waals surface area contributed by atoms with Crippen LogP contribution in [-0.2, 0) is 11.2 Å². The SMILES string of the molecule is C#CC(CC)(CC)NC(=O)CCc1nc(-c2ccc(C)cc2)no1. The predicted octanol–water partition coefficient (Wildman–Crippen LogP) is 3.29. The van der Waals surface area contributed by atoms with Gasteiger partial charge in [-0.15, -0.1) is 6.42 Å². The van der Waals surface area contributed by atoms with E-state index in [1.807, 2.05) is 45.0 Å². The van der Waals surface area contributed by atoms with Gasteiger partial charge in [0.15, 0.2) is 0 Å². The van der Waals surface area contributed by atoms with Gasteiger partial charge in [-0.1, -0.05) is 54.8 Å². The number of rotatable bonds is 7. The highest BCUT2D eigenvalue weighted by molar-refractivity contribution is 5.77. The lowest BCUT2D eigenvalue weighted by molar-refractivity contribution is -0.122. The molecule has 0 bridgehead atoms. The number of nitrogens with one attached hydrogen (secondary N) is 1. The van der Waals surface area contributed by atoms with Gasteiger partial charge in [0, 0.05) is 18.4 Å². The molecule has 2 rings (SSSR count). The number of benzene rings is 1. The molecule has 2 aromatic rings. The van der Waals surface area contributed by atoms with Crippen LogP contribution in [0.1, 0.15) is 44.6 Å². The van der Waals surface area contributed by atoms with Crippen molar-refractivity contribution < 1.29 is 9.32 Å². The Balaban J connectivity index is 1.95. The van der Waals surface area contributed by atoms with Gasteiger partial charge in [-0.05, 0) is 19.8 Å². The number of hydrogen-bond acceptors (Lipinski definition) is 4. The Labute approximate surface area is 142 Å². The molecule has 0 aliphatic carbocycles. The van der Waals surface area contributed by atoms with E-state index in [2.05, 4.69) is 21.4 Å². The van der Waals surface area contributed by atoms with Crippen molar-refractivity contribution in [2.24, 2.45) is 0 Å². The monoisotopic (exact) mass is 325 g/mol. The lowest BCUT2D eigenvalue weighted by atomic mass is 9.93. The summed E-state index contributed by atoms with van der Waals surface area (Å²) >= 11 is 0. The zero-order chi connectivity index (χ0) is 17.6. The molecule has 1 aromatic heterocycles. The molecule has 1 amide bonds. The van der Waals surface area contributed by atoms with E-state index in [-0.39, 0.29) is 12.3 Å². The summed E-state index contributed by atoms with van der Waals surface area (Å²) in [6, 6.07) is 7.88. The first kappa shape index (κ1) is 17.7. The summed E-state index contributed by atoms with van der Waals surface area (Å²) in [6.45, 7) is 5.96. The Morgan fingerprint density at radius 1 is 1.29 bits per heavy atom. The number of carbonyl (C=O) groups is 1. The van der Waals surface area contributed by atoms with Gasteiger partial charge in [0.25, 0.3) is 0 Å². The Morgan fingerprint density at radius 3 is 2.54 bits per heavy atom. The van der Waals surface area contributed by atoms with Gasteiger partial charge in [-0.3, -0.25) is 4.79 Å². The molecular formula is C19H23N3O2. The van der Waals surface area contributed by atoms with Crippen molar-refractivity contribution in [1.29, 1.82) is 0 Å². The van der Waals surface area contributed by atoms with E-state index in [1.165, 1.54) is 5.56 Å². The second kappa shape index (κ2) is 7.78. The zero-order valence-corrected chi connectivity index (χ0v) is 14.4. The van der Waals surface area contributed by atoms with E-state index in [9.17, 15) is 4.79 Å². The summed E-state index contributed by atoms with van der Waals surface area (Å²) in [4.78, 5) is 16.5. The molecule has 0 fully saturated rings. The van der Waals surface area contributed by atoms with Crippen LogP contribution in [-0.4, -0.2) is 21.6 Å². The van der Waals surface area contributed by atoms with Crippen molar-refractivity contribution in [3.05, 3.63) is 35.7 Å². The molecule has 0 spiro atoms. The maximum Gasteiger partial charge on any atom is 0.227 e. The number of aryl methyl sites for hydroxylation is 2. The van der Waals surface area contributed by atoms with Crippen LogP contribution in [0.4, 0.5) is 0 Å². The third kappa shape index (κ3) is 4.23. The maximum atomic E-state index is 12.1. The number of nitrogens with zero attached hydrogens (tertiary/aromatic N) is 2. The number of terminal acetylenes is 1. The molecule has 0 radical (unpaired) electrons. The summed E-state index contributed by atoms with van der Waals surface area (Å²) < 4.78 is 5.23. The first-order chi connectivity index (χ1) is 11.5. The summed E-state index contributed by atoms with van der Waals surface area (Å²) in [5.41, 5.74) is 1.49. The lowest BCUT2D eigenvalue weighted by Crippen LogP contribution is -2.46. The van der Waals surface area contributed by atoms with Crippen LogP contribution in [0.25, 0.3) is 11.4 Å². The average molecular weight is 325 g/mol. The van der Waals surface area contributed by atoms with E-state index in [1.54, 1.807) is 0 Å². The van der Waals surface area contributed by atoms with Crippen molar-refractivity contribution in [2.45, 2.75) is 52.0 Å². The highest BCUT2D eigenvalue weighted by Gasteiger charge is 2.25. The van der Waals surface area contributed by atoms with Crippen LogP contribution in [0.2, 0.25) is 0 Å². The van der Waals surface area contributed by atoms with Crippen molar-refractivity contribution >= 4 is 5.91 Å². The molecule has 5 nitrogen and oxygen atoms in total. The second-order valence-electron chi connectivity index (χ2n) is 5.86. The van der Waals surface area contributed by atoms with Crippen LogP contribution in [0.3, 0.4) is 0 Å². The van der Waals surface area contributed by atoms with Crippen molar-refractivity contribution in [1.82, 2.24) is 15.5 Å². The second-order valence-corrected chi connectivity index (χ2v) is 5.86. The van der Waals surface area contributed by atoms with Gasteiger partial charge in [-0.25, -0.2) is 0 Å². The van der Waals surface area contributed by atoms with E-state index >= 15 is 0 Å². The first-order valence-corrected chi connectivity index (χ1v) is 8.20. The van der Waals surface area contributed by atoms with Crippen LogP contribution < -0.4 is 5.32 Å². The van der Waals surface area contributed by atoms with E-state index in [0.29, 0.717) is 31.0 Å². The largest absolute Gasteiger partial charge is 0.340 e. The molecular weight excluding hydrogens is 302 g/mol. The summed E-state index contributed by atoms with van der Waals surface area (Å²) in [5.74, 6) is 3.56. The molecule has 24 heavy (non-hydrogen) atoms. The highest BCUT2D eigenvalue weighted by Crippen LogP contribution is 2.17. The summed E-state index contributed by atoms with van der Waals surface area (Å²) in [6.07, 6.45) is 7.60. The fourth-order valence-corrected chi connectivity index (χ4v) is 2.39. The Kier molecular flexibility index (Phi) is 5.75. The number of aromatic nitrogens is 2.